The van der Waals surface area contributed by atoms with Crippen LogP contribution in [0.1, 0.15) is 42.2 Å². The van der Waals surface area contributed by atoms with Gasteiger partial charge in [-0.1, -0.05) is 29.7 Å². The first kappa shape index (κ1) is 25.2. The molecule has 1 unspecified atom stereocenters. The summed E-state index contributed by atoms with van der Waals surface area (Å²) in [4.78, 5) is 24.9. The Bertz CT molecular complexity index is 1390. The van der Waals surface area contributed by atoms with Crippen LogP contribution >= 0.6 is 11.6 Å². The lowest BCUT2D eigenvalue weighted by Gasteiger charge is -2.29. The molecule has 4 aromatic rings. The highest BCUT2D eigenvalue weighted by atomic mass is 35.5. The lowest BCUT2D eigenvalue weighted by atomic mass is 9.80. The molecule has 36 heavy (non-hydrogen) atoms. The van der Waals surface area contributed by atoms with Crippen molar-refractivity contribution >= 4 is 17.5 Å². The molecule has 0 fully saturated rings. The Morgan fingerprint density at radius 2 is 2.08 bits per heavy atom. The number of hydrogen-bond donors (Lipinski definition) is 1. The van der Waals surface area contributed by atoms with Crippen molar-refractivity contribution in [3.8, 4) is 17.4 Å². The Morgan fingerprint density at radius 1 is 1.28 bits per heavy atom. The van der Waals surface area contributed by atoms with E-state index in [0.717, 1.165) is 12.6 Å². The molecule has 1 atom stereocenters. The Morgan fingerprint density at radius 3 is 2.81 bits per heavy atom. The molecule has 4 aromatic heterocycles. The quantitative estimate of drug-likeness (QED) is 0.333. The van der Waals surface area contributed by atoms with E-state index in [9.17, 15) is 13.6 Å². The standard InChI is InChI=1S/C23H22ClF2N7O3/c1-4-8-35-22-14(11-29-33(22)3)23(2,16-6-5-7-17(24)30-16)12-28-20(34)21-31-19(32-36-21)18-15(26)9-13(25)10-27-18/h5-7,9-11H,4,8,12H2,1-3H3,(H,28,34). The number of rotatable bonds is 9. The number of aryl methyl sites for hydroxylation is 1. The van der Waals surface area contributed by atoms with E-state index >= 15 is 0 Å². The number of nitrogens with one attached hydrogen (secondary N) is 1. The minimum atomic E-state index is -0.987. The highest BCUT2D eigenvalue weighted by Gasteiger charge is 2.37. The maximum atomic E-state index is 14.0. The molecule has 0 aliphatic heterocycles. The predicted octanol–water partition coefficient (Wildman–Crippen LogP) is 3.72. The number of pyridine rings is 2. The second kappa shape index (κ2) is 10.4. The zero-order chi connectivity index (χ0) is 25.9. The molecular weight excluding hydrogens is 496 g/mol. The highest BCUT2D eigenvalue weighted by Crippen LogP contribution is 2.37. The first-order valence-corrected chi connectivity index (χ1v) is 11.3. The van der Waals surface area contributed by atoms with Gasteiger partial charge in [-0.25, -0.2) is 23.4 Å². The maximum absolute atomic E-state index is 14.0. The summed E-state index contributed by atoms with van der Waals surface area (Å²) in [7, 11) is 1.75. The van der Waals surface area contributed by atoms with Crippen LogP contribution in [0.15, 0.2) is 41.2 Å². The normalized spacial score (nSPS) is 12.8. The number of amides is 1. The van der Waals surface area contributed by atoms with Crippen LogP contribution in [0.2, 0.25) is 5.15 Å². The zero-order valence-electron chi connectivity index (χ0n) is 19.6. The summed E-state index contributed by atoms with van der Waals surface area (Å²) in [6.45, 7) is 4.34. The number of nitrogens with zero attached hydrogens (tertiary/aromatic N) is 6. The van der Waals surface area contributed by atoms with Crippen molar-refractivity contribution in [2.24, 2.45) is 7.05 Å². The third-order valence-electron chi connectivity index (χ3n) is 5.44. The molecule has 0 aliphatic rings. The van der Waals surface area contributed by atoms with Gasteiger partial charge in [0.15, 0.2) is 5.82 Å². The fourth-order valence-corrected chi connectivity index (χ4v) is 3.70. The molecule has 0 radical (unpaired) electrons. The molecule has 10 nitrogen and oxygen atoms in total. The summed E-state index contributed by atoms with van der Waals surface area (Å²) in [6.07, 6.45) is 3.24. The number of hydrogen-bond acceptors (Lipinski definition) is 8. The molecule has 188 valence electrons. The third-order valence-corrected chi connectivity index (χ3v) is 5.66. The van der Waals surface area contributed by atoms with E-state index in [-0.39, 0.29) is 23.2 Å². The molecule has 0 aromatic carbocycles. The van der Waals surface area contributed by atoms with Crippen LogP contribution in [0.3, 0.4) is 0 Å². The molecule has 0 bridgehead atoms. The van der Waals surface area contributed by atoms with Crippen LogP contribution in [0.4, 0.5) is 8.78 Å². The molecule has 4 heterocycles. The van der Waals surface area contributed by atoms with Gasteiger partial charge in [-0.2, -0.15) is 10.1 Å². The number of halogens is 3. The molecule has 1 amide bonds. The lowest BCUT2D eigenvalue weighted by molar-refractivity contribution is 0.0902. The Labute approximate surface area is 209 Å². The summed E-state index contributed by atoms with van der Waals surface area (Å²) >= 11 is 6.17. The van der Waals surface area contributed by atoms with Crippen molar-refractivity contribution < 1.29 is 22.8 Å². The van der Waals surface area contributed by atoms with E-state index in [0.29, 0.717) is 29.8 Å². The molecule has 0 aliphatic carbocycles. The van der Waals surface area contributed by atoms with Crippen molar-refractivity contribution in [3.05, 3.63) is 70.6 Å². The zero-order valence-corrected chi connectivity index (χ0v) is 20.4. The van der Waals surface area contributed by atoms with Crippen LogP contribution in [-0.4, -0.2) is 48.9 Å². The molecule has 4 rings (SSSR count). The van der Waals surface area contributed by atoms with Crippen LogP contribution in [0, 0.1) is 11.6 Å². The maximum Gasteiger partial charge on any atom is 0.316 e. The van der Waals surface area contributed by atoms with Crippen molar-refractivity contribution in [1.29, 1.82) is 0 Å². The van der Waals surface area contributed by atoms with Crippen LogP contribution in [0.25, 0.3) is 11.5 Å². The van der Waals surface area contributed by atoms with Gasteiger partial charge >= 0.3 is 11.8 Å². The fraction of sp³-hybridized carbons (Fsp3) is 0.304. The van der Waals surface area contributed by atoms with Crippen LogP contribution in [-0.2, 0) is 12.5 Å². The third kappa shape index (κ3) is 5.03. The van der Waals surface area contributed by atoms with E-state index in [4.69, 9.17) is 20.9 Å². The number of carbonyl (C=O) groups excluding carboxylic acids is 1. The minimum Gasteiger partial charge on any atom is -0.478 e. The second-order valence-corrected chi connectivity index (χ2v) is 8.49. The van der Waals surface area contributed by atoms with Crippen molar-refractivity contribution in [2.45, 2.75) is 25.7 Å². The fourth-order valence-electron chi connectivity index (χ4n) is 3.54. The molecule has 1 N–H and O–H groups in total. The molecule has 0 spiro atoms. The monoisotopic (exact) mass is 517 g/mol. The molecule has 13 heteroatoms. The number of carbonyl (C=O) groups is 1. The summed E-state index contributed by atoms with van der Waals surface area (Å²) < 4.78 is 39.7. The smallest absolute Gasteiger partial charge is 0.316 e. The summed E-state index contributed by atoms with van der Waals surface area (Å²) in [5.74, 6) is -2.76. The van der Waals surface area contributed by atoms with Crippen molar-refractivity contribution in [1.82, 2.24) is 35.2 Å². The van der Waals surface area contributed by atoms with E-state index < -0.39 is 28.8 Å². The Hall–Kier alpha value is -3.93. The number of ether oxygens (including phenoxy) is 1. The van der Waals surface area contributed by atoms with E-state index in [2.05, 4.69) is 30.5 Å². The summed E-state index contributed by atoms with van der Waals surface area (Å²) in [5, 5.41) is 10.9. The van der Waals surface area contributed by atoms with Gasteiger partial charge in [-0.15, -0.1) is 0 Å². The van der Waals surface area contributed by atoms with Crippen molar-refractivity contribution in [2.75, 3.05) is 13.2 Å². The van der Waals surface area contributed by atoms with Crippen LogP contribution in [0.5, 0.6) is 5.88 Å². The van der Waals surface area contributed by atoms with Crippen LogP contribution < -0.4 is 10.1 Å². The Kier molecular flexibility index (Phi) is 7.25. The first-order chi connectivity index (χ1) is 17.2. The lowest BCUT2D eigenvalue weighted by Crippen LogP contribution is -2.40. The van der Waals surface area contributed by atoms with Gasteiger partial charge in [0.05, 0.1) is 30.1 Å². The molecule has 0 saturated carbocycles. The average Bonchev–Trinajstić information content (AvgIpc) is 3.48. The van der Waals surface area contributed by atoms with Gasteiger partial charge in [0.1, 0.15) is 16.7 Å². The second-order valence-electron chi connectivity index (χ2n) is 8.10. The Balaban J connectivity index is 1.63. The SMILES string of the molecule is CCCOc1c(C(C)(CNC(=O)c2nc(-c3ncc(F)cc3F)no2)c2cccc(Cl)n2)cnn1C. The van der Waals surface area contributed by atoms with Gasteiger partial charge in [0.25, 0.3) is 0 Å². The van der Waals surface area contributed by atoms with Gasteiger partial charge < -0.3 is 14.6 Å². The van der Waals surface area contributed by atoms with E-state index in [1.165, 1.54) is 0 Å². The summed E-state index contributed by atoms with van der Waals surface area (Å²) in [6, 6.07) is 5.81. The minimum absolute atomic E-state index is 0.0221. The van der Waals surface area contributed by atoms with Gasteiger partial charge in [0.2, 0.25) is 11.7 Å². The van der Waals surface area contributed by atoms with Gasteiger partial charge in [0, 0.05) is 25.2 Å². The predicted molar refractivity (Wildman–Crippen MR) is 124 cm³/mol. The van der Waals surface area contributed by atoms with E-state index in [1.807, 2.05) is 13.8 Å². The largest absolute Gasteiger partial charge is 0.478 e. The first-order valence-electron chi connectivity index (χ1n) is 10.9. The number of aromatic nitrogens is 6. The summed E-state index contributed by atoms with van der Waals surface area (Å²) in [5.41, 5.74) is -0.0308. The highest BCUT2D eigenvalue weighted by molar-refractivity contribution is 6.29. The molecule has 0 saturated heterocycles. The molecular formula is C23H22ClF2N7O3. The van der Waals surface area contributed by atoms with Gasteiger partial charge in [-0.3, -0.25) is 4.79 Å². The van der Waals surface area contributed by atoms with E-state index in [1.54, 1.807) is 36.1 Å². The van der Waals surface area contributed by atoms with Gasteiger partial charge in [-0.05, 0) is 25.5 Å². The van der Waals surface area contributed by atoms with Crippen molar-refractivity contribution in [3.63, 3.8) is 0 Å². The average molecular weight is 518 g/mol. The topological polar surface area (TPSA) is 121 Å².